The second kappa shape index (κ2) is 10.6. The molecular weight excluding hydrogens is 507 g/mol. The summed E-state index contributed by atoms with van der Waals surface area (Å²) in [6, 6.07) is 5.09. The number of ether oxygens (including phenoxy) is 4. The molecule has 0 amide bonds. The molecule has 0 aliphatic carbocycles. The van der Waals surface area contributed by atoms with Gasteiger partial charge in [0.25, 0.3) is 0 Å². The Bertz CT molecular complexity index is 1100. The number of carbonyl (C=O) groups excluding carboxylic acids is 1. The number of methoxy groups -OCH3 is 3. The van der Waals surface area contributed by atoms with E-state index in [1.807, 2.05) is 27.7 Å². The maximum absolute atomic E-state index is 15.0. The molecule has 0 radical (unpaired) electrons. The minimum atomic E-state index is -0.665. The van der Waals surface area contributed by atoms with Crippen molar-refractivity contribution < 1.29 is 28.1 Å². The van der Waals surface area contributed by atoms with Gasteiger partial charge < -0.3 is 23.8 Å². The number of rotatable bonds is 8. The van der Waals surface area contributed by atoms with Gasteiger partial charge in [0, 0.05) is 12.1 Å². The van der Waals surface area contributed by atoms with Gasteiger partial charge in [0.2, 0.25) is 0 Å². The van der Waals surface area contributed by atoms with Crippen LogP contribution in [0.3, 0.4) is 0 Å². The molecule has 0 bridgehead atoms. The Labute approximate surface area is 210 Å². The predicted octanol–water partition coefficient (Wildman–Crippen LogP) is 5.15. The second-order valence-corrected chi connectivity index (χ2v) is 8.79. The molecule has 0 aromatic heterocycles. The summed E-state index contributed by atoms with van der Waals surface area (Å²) in [6.45, 7) is 8.42. The fraction of sp³-hybridized carbons (Fsp3) is 0.440. The highest BCUT2D eigenvalue weighted by molar-refractivity contribution is 8.93. The molecular formula is C25H32BrFN2O5. The molecule has 3 rings (SSSR count). The summed E-state index contributed by atoms with van der Waals surface area (Å²) in [5, 5.41) is 8.51. The van der Waals surface area contributed by atoms with Crippen LogP contribution in [0.2, 0.25) is 0 Å². The number of amidine groups is 1. The van der Waals surface area contributed by atoms with E-state index in [2.05, 4.69) is 0 Å². The molecule has 9 heteroatoms. The zero-order valence-electron chi connectivity index (χ0n) is 20.6. The van der Waals surface area contributed by atoms with Crippen molar-refractivity contribution in [3.63, 3.8) is 0 Å². The van der Waals surface area contributed by atoms with Crippen LogP contribution in [0.4, 0.5) is 4.39 Å². The van der Waals surface area contributed by atoms with E-state index in [4.69, 9.17) is 24.4 Å². The molecule has 0 saturated heterocycles. The summed E-state index contributed by atoms with van der Waals surface area (Å²) in [7, 11) is 4.36. The number of hydrogen-bond donors (Lipinski definition) is 1. The van der Waals surface area contributed by atoms with Crippen LogP contribution in [-0.2, 0) is 12.0 Å². The zero-order valence-corrected chi connectivity index (χ0v) is 22.3. The van der Waals surface area contributed by atoms with Crippen LogP contribution in [0.15, 0.2) is 18.2 Å². The van der Waals surface area contributed by atoms with Crippen molar-refractivity contribution in [2.75, 3.05) is 34.5 Å². The van der Waals surface area contributed by atoms with Crippen LogP contribution in [0.25, 0.3) is 0 Å². The monoisotopic (exact) mass is 538 g/mol. The highest BCUT2D eigenvalue weighted by Crippen LogP contribution is 2.42. The Morgan fingerprint density at radius 1 is 1.09 bits per heavy atom. The van der Waals surface area contributed by atoms with Crippen LogP contribution in [0.5, 0.6) is 23.0 Å². The van der Waals surface area contributed by atoms with E-state index in [1.165, 1.54) is 19.1 Å². The van der Waals surface area contributed by atoms with Crippen molar-refractivity contribution in [3.8, 4) is 23.0 Å². The van der Waals surface area contributed by atoms with Crippen LogP contribution >= 0.6 is 17.0 Å². The number of nitrogens with one attached hydrogen (secondary N) is 1. The maximum Gasteiger partial charge on any atom is 0.197 e. The van der Waals surface area contributed by atoms with Crippen LogP contribution < -0.4 is 18.9 Å². The molecule has 0 saturated carbocycles. The lowest BCUT2D eigenvalue weighted by Gasteiger charge is -2.27. The minimum Gasteiger partial charge on any atom is -0.496 e. The average molecular weight is 539 g/mol. The molecule has 0 unspecified atom stereocenters. The van der Waals surface area contributed by atoms with E-state index in [9.17, 15) is 4.79 Å². The van der Waals surface area contributed by atoms with Gasteiger partial charge in [-0.05, 0) is 36.1 Å². The number of halogens is 2. The van der Waals surface area contributed by atoms with Gasteiger partial charge >= 0.3 is 0 Å². The van der Waals surface area contributed by atoms with E-state index >= 15 is 4.39 Å². The summed E-state index contributed by atoms with van der Waals surface area (Å²) in [5.74, 6) is 0.345. The first-order valence-electron chi connectivity index (χ1n) is 10.7. The Morgan fingerprint density at radius 3 is 2.26 bits per heavy atom. The van der Waals surface area contributed by atoms with Gasteiger partial charge in [-0.2, -0.15) is 0 Å². The molecule has 7 nitrogen and oxygen atoms in total. The number of hydrogen-bond acceptors (Lipinski definition) is 6. The molecule has 1 heterocycles. The molecule has 34 heavy (non-hydrogen) atoms. The fourth-order valence-corrected chi connectivity index (χ4v) is 4.18. The number of fused-ring (bicyclic) bond motifs is 1. The first-order valence-corrected chi connectivity index (χ1v) is 10.7. The Balaban J connectivity index is 0.00000408. The standard InChI is InChI=1S/C25H31FN2O5.BrH/c1-8-33-22-15(9-10-17(30-5)20(22)25(2,3)4)16(29)13-28-12-14-11-18(31-6)23(32-7)21(26)19(14)24(28)27;/h9-11,27H,8,12-13H2,1-7H3;1H. The van der Waals surface area contributed by atoms with E-state index in [-0.39, 0.29) is 64.2 Å². The number of ketones is 1. The van der Waals surface area contributed by atoms with Crippen LogP contribution in [0.1, 0.15) is 54.7 Å². The topological polar surface area (TPSA) is 81.1 Å². The fourth-order valence-electron chi connectivity index (χ4n) is 4.18. The molecule has 186 valence electrons. The van der Waals surface area contributed by atoms with Gasteiger partial charge in [0.1, 0.15) is 17.3 Å². The van der Waals surface area contributed by atoms with Crippen molar-refractivity contribution >= 4 is 28.6 Å². The predicted molar refractivity (Wildman–Crippen MR) is 134 cm³/mol. The molecule has 0 spiro atoms. The van der Waals surface area contributed by atoms with Crippen molar-refractivity contribution in [1.29, 1.82) is 5.41 Å². The molecule has 0 atom stereocenters. The first kappa shape index (κ1) is 27.4. The average Bonchev–Trinajstić information content (AvgIpc) is 3.07. The SMILES string of the molecule is Br.CCOc1c(C(=O)CN2Cc3cc(OC)c(OC)c(F)c3C2=N)ccc(OC)c1C(C)(C)C. The molecule has 0 fully saturated rings. The number of carbonyl (C=O) groups is 1. The van der Waals surface area contributed by atoms with Gasteiger partial charge in [0.15, 0.2) is 23.1 Å². The smallest absolute Gasteiger partial charge is 0.197 e. The molecule has 2 aromatic rings. The minimum absolute atomic E-state index is 0. The summed E-state index contributed by atoms with van der Waals surface area (Å²) in [5.41, 5.74) is 1.56. The van der Waals surface area contributed by atoms with E-state index in [1.54, 1.807) is 25.3 Å². The van der Waals surface area contributed by atoms with Crippen molar-refractivity contribution in [1.82, 2.24) is 4.90 Å². The largest absolute Gasteiger partial charge is 0.496 e. The lowest BCUT2D eigenvalue weighted by atomic mass is 9.83. The quantitative estimate of drug-likeness (QED) is 0.468. The van der Waals surface area contributed by atoms with Crippen LogP contribution in [0, 0.1) is 11.2 Å². The molecule has 1 N–H and O–H groups in total. The zero-order chi connectivity index (χ0) is 24.5. The normalized spacial score (nSPS) is 12.7. The van der Waals surface area contributed by atoms with Crippen molar-refractivity contribution in [2.24, 2.45) is 0 Å². The third-order valence-electron chi connectivity index (χ3n) is 5.62. The highest BCUT2D eigenvalue weighted by atomic mass is 79.9. The van der Waals surface area contributed by atoms with Gasteiger partial charge in [-0.25, -0.2) is 4.39 Å². The summed E-state index contributed by atoms with van der Waals surface area (Å²) in [6.07, 6.45) is 0. The highest BCUT2D eigenvalue weighted by Gasteiger charge is 2.34. The lowest BCUT2D eigenvalue weighted by molar-refractivity contribution is 0.0958. The summed E-state index contributed by atoms with van der Waals surface area (Å²) >= 11 is 0. The van der Waals surface area contributed by atoms with Gasteiger partial charge in [-0.3, -0.25) is 10.2 Å². The molecule has 2 aromatic carbocycles. The molecule has 1 aliphatic heterocycles. The Morgan fingerprint density at radius 2 is 1.74 bits per heavy atom. The van der Waals surface area contributed by atoms with Gasteiger partial charge in [0.05, 0.1) is 45.6 Å². The number of Topliss-reactive ketones (excluding diaryl/α,β-unsaturated/α-hetero) is 1. The van der Waals surface area contributed by atoms with Crippen molar-refractivity contribution in [3.05, 3.63) is 46.3 Å². The third-order valence-corrected chi connectivity index (χ3v) is 5.62. The van der Waals surface area contributed by atoms with Crippen molar-refractivity contribution in [2.45, 2.75) is 39.7 Å². The van der Waals surface area contributed by atoms with Crippen LogP contribution in [-0.4, -0.2) is 51.0 Å². The summed E-state index contributed by atoms with van der Waals surface area (Å²) < 4.78 is 36.9. The lowest BCUT2D eigenvalue weighted by Crippen LogP contribution is -2.31. The van der Waals surface area contributed by atoms with E-state index in [0.717, 1.165) is 5.56 Å². The van der Waals surface area contributed by atoms with E-state index < -0.39 is 5.82 Å². The summed E-state index contributed by atoms with van der Waals surface area (Å²) in [4.78, 5) is 14.9. The number of benzene rings is 2. The Hall–Kier alpha value is -2.81. The van der Waals surface area contributed by atoms with Gasteiger partial charge in [-0.1, -0.05) is 20.8 Å². The maximum atomic E-state index is 15.0. The second-order valence-electron chi connectivity index (χ2n) is 8.79. The van der Waals surface area contributed by atoms with E-state index in [0.29, 0.717) is 29.2 Å². The molecule has 1 aliphatic rings. The van der Waals surface area contributed by atoms with Gasteiger partial charge in [-0.15, -0.1) is 17.0 Å². The third kappa shape index (κ3) is 4.85. The first-order chi connectivity index (χ1) is 15.6. The number of nitrogens with zero attached hydrogens (tertiary/aromatic N) is 1. The Kier molecular flexibility index (Phi) is 8.58.